The number of nitrogens with one attached hydrogen (secondary N) is 1. The molecule has 2 rings (SSSR count). The number of hydrogen-bond acceptors (Lipinski definition) is 6. The summed E-state index contributed by atoms with van der Waals surface area (Å²) in [6.45, 7) is 1.40. The molecule has 1 heterocycles. The van der Waals surface area contributed by atoms with Gasteiger partial charge in [-0.3, -0.25) is 4.79 Å². The van der Waals surface area contributed by atoms with Crippen molar-refractivity contribution in [2.75, 3.05) is 32.6 Å². The molecule has 2 aromatic rings. The Hall–Kier alpha value is -1.70. The van der Waals surface area contributed by atoms with E-state index in [1.165, 1.54) is 0 Å². The second-order valence-electron chi connectivity index (χ2n) is 4.49. The molecule has 0 fully saturated rings. The van der Waals surface area contributed by atoms with Crippen molar-refractivity contribution in [1.82, 2.24) is 15.1 Å². The second kappa shape index (κ2) is 7.35. The summed E-state index contributed by atoms with van der Waals surface area (Å²) in [5.41, 5.74) is 0.633. The molecule has 1 amide bonds. The number of rotatable bonds is 6. The smallest absolute Gasteiger partial charge is 0.286 e. The molecular weight excluding hydrogens is 312 g/mol. The average Bonchev–Trinajstić information content (AvgIpc) is 2.85. The van der Waals surface area contributed by atoms with E-state index < -0.39 is 0 Å². The zero-order valence-electron chi connectivity index (χ0n) is 11.7. The number of aromatic nitrogens is 2. The molecule has 0 aliphatic heterocycles. The Morgan fingerprint density at radius 1 is 1.43 bits per heavy atom. The highest BCUT2D eigenvalue weighted by Crippen LogP contribution is 2.20. The van der Waals surface area contributed by atoms with Crippen LogP contribution in [0.3, 0.4) is 0 Å². The fourth-order valence-corrected chi connectivity index (χ4v) is 2.21. The summed E-state index contributed by atoms with van der Waals surface area (Å²) < 4.78 is 5.85. The summed E-state index contributed by atoms with van der Waals surface area (Å²) in [4.78, 5) is 14.0. The molecule has 0 unspecified atom stereocenters. The maximum absolute atomic E-state index is 11.9. The van der Waals surface area contributed by atoms with Crippen LogP contribution in [0.15, 0.2) is 24.3 Å². The van der Waals surface area contributed by atoms with E-state index in [9.17, 15) is 4.79 Å². The fraction of sp³-hybridized carbons (Fsp3) is 0.308. The lowest BCUT2D eigenvalue weighted by molar-refractivity contribution is 0.102. The van der Waals surface area contributed by atoms with Gasteiger partial charge in [-0.15, -0.1) is 10.2 Å². The minimum Gasteiger partial charge on any atom is -0.492 e. The summed E-state index contributed by atoms with van der Waals surface area (Å²) in [6.07, 6.45) is 0. The van der Waals surface area contributed by atoms with Crippen LogP contribution in [0.2, 0.25) is 4.47 Å². The first-order valence-corrected chi connectivity index (χ1v) is 7.42. The van der Waals surface area contributed by atoms with Gasteiger partial charge in [0.2, 0.25) is 9.47 Å². The highest BCUT2D eigenvalue weighted by Gasteiger charge is 2.12. The molecule has 0 aliphatic rings. The van der Waals surface area contributed by atoms with Gasteiger partial charge in [0.05, 0.1) is 0 Å². The molecule has 8 heteroatoms. The molecule has 0 saturated carbocycles. The van der Waals surface area contributed by atoms with Gasteiger partial charge in [-0.25, -0.2) is 0 Å². The minimum absolute atomic E-state index is 0.221. The van der Waals surface area contributed by atoms with Crippen molar-refractivity contribution in [2.24, 2.45) is 0 Å². The van der Waals surface area contributed by atoms with E-state index in [0.29, 0.717) is 18.0 Å². The molecule has 0 radical (unpaired) electrons. The van der Waals surface area contributed by atoms with Gasteiger partial charge in [0.15, 0.2) is 0 Å². The van der Waals surface area contributed by atoms with E-state index in [0.717, 1.165) is 17.9 Å². The van der Waals surface area contributed by atoms with Gasteiger partial charge >= 0.3 is 0 Å². The van der Waals surface area contributed by atoms with Crippen molar-refractivity contribution in [3.05, 3.63) is 33.7 Å². The standard InChI is InChI=1S/C13H15ClN4O2S/c1-18(2)6-7-20-10-5-3-4-9(8-10)15-11(19)12-16-17-13(14)21-12/h3-5,8H,6-7H2,1-2H3,(H,15,19). The number of anilines is 1. The van der Waals surface area contributed by atoms with Crippen LogP contribution in [-0.2, 0) is 0 Å². The first-order valence-electron chi connectivity index (χ1n) is 6.22. The predicted octanol–water partition coefficient (Wildman–Crippen LogP) is 2.38. The monoisotopic (exact) mass is 326 g/mol. The third-order valence-corrected chi connectivity index (χ3v) is 3.51. The summed E-state index contributed by atoms with van der Waals surface area (Å²) >= 11 is 6.69. The van der Waals surface area contributed by atoms with E-state index in [4.69, 9.17) is 16.3 Å². The fourth-order valence-electron chi connectivity index (χ4n) is 1.49. The number of carbonyl (C=O) groups is 1. The topological polar surface area (TPSA) is 67.3 Å². The molecule has 0 bridgehead atoms. The lowest BCUT2D eigenvalue weighted by Crippen LogP contribution is -2.19. The quantitative estimate of drug-likeness (QED) is 0.882. The number of amides is 1. The van der Waals surface area contributed by atoms with Crippen LogP contribution in [0.4, 0.5) is 5.69 Å². The number of carbonyl (C=O) groups excluding carboxylic acids is 1. The maximum Gasteiger partial charge on any atom is 0.286 e. The van der Waals surface area contributed by atoms with Crippen LogP contribution in [0.5, 0.6) is 5.75 Å². The number of benzene rings is 1. The zero-order valence-corrected chi connectivity index (χ0v) is 13.2. The van der Waals surface area contributed by atoms with Crippen LogP contribution in [0, 0.1) is 0 Å². The lowest BCUT2D eigenvalue weighted by Gasteiger charge is -2.11. The molecule has 112 valence electrons. The van der Waals surface area contributed by atoms with E-state index in [1.807, 2.05) is 31.1 Å². The Kier molecular flexibility index (Phi) is 5.49. The van der Waals surface area contributed by atoms with Gasteiger partial charge in [-0.2, -0.15) is 0 Å². The third kappa shape index (κ3) is 4.96. The van der Waals surface area contributed by atoms with Gasteiger partial charge in [0.1, 0.15) is 12.4 Å². The third-order valence-electron chi connectivity index (χ3n) is 2.49. The molecule has 21 heavy (non-hydrogen) atoms. The number of hydrogen-bond donors (Lipinski definition) is 1. The Morgan fingerprint density at radius 3 is 2.90 bits per heavy atom. The summed E-state index contributed by atoms with van der Waals surface area (Å²) in [6, 6.07) is 7.19. The molecule has 0 spiro atoms. The van der Waals surface area contributed by atoms with Gasteiger partial charge in [-0.1, -0.05) is 17.4 Å². The predicted molar refractivity (Wildman–Crippen MR) is 83.4 cm³/mol. The van der Waals surface area contributed by atoms with Crippen molar-refractivity contribution < 1.29 is 9.53 Å². The maximum atomic E-state index is 11.9. The molecule has 6 nitrogen and oxygen atoms in total. The van der Waals surface area contributed by atoms with Crippen LogP contribution in [0.25, 0.3) is 0 Å². The Morgan fingerprint density at radius 2 is 2.24 bits per heavy atom. The van der Waals surface area contributed by atoms with Crippen LogP contribution >= 0.6 is 22.9 Å². The Bertz CT molecular complexity index is 618. The van der Waals surface area contributed by atoms with E-state index >= 15 is 0 Å². The molecule has 1 aromatic carbocycles. The first-order chi connectivity index (χ1) is 10.0. The molecule has 1 N–H and O–H groups in total. The highest BCUT2D eigenvalue weighted by molar-refractivity contribution is 7.17. The summed E-state index contributed by atoms with van der Waals surface area (Å²) in [5.74, 6) is 0.356. The van der Waals surface area contributed by atoms with Crippen molar-refractivity contribution >= 4 is 34.5 Å². The first kappa shape index (κ1) is 15.7. The number of nitrogens with zero attached hydrogens (tertiary/aromatic N) is 3. The van der Waals surface area contributed by atoms with Crippen LogP contribution in [0.1, 0.15) is 9.80 Å². The molecule has 0 atom stereocenters. The summed E-state index contributed by atoms with van der Waals surface area (Å²) in [7, 11) is 3.96. The van der Waals surface area contributed by atoms with Gasteiger partial charge in [-0.05, 0) is 37.8 Å². The van der Waals surface area contributed by atoms with Crippen molar-refractivity contribution in [2.45, 2.75) is 0 Å². The van der Waals surface area contributed by atoms with Crippen LogP contribution in [-0.4, -0.2) is 48.3 Å². The second-order valence-corrected chi connectivity index (χ2v) is 6.05. The molecule has 1 aromatic heterocycles. The van der Waals surface area contributed by atoms with Gasteiger partial charge < -0.3 is 15.0 Å². The lowest BCUT2D eigenvalue weighted by atomic mass is 10.3. The Labute approximate surface area is 131 Å². The number of halogens is 1. The van der Waals surface area contributed by atoms with E-state index in [2.05, 4.69) is 15.5 Å². The van der Waals surface area contributed by atoms with E-state index in [1.54, 1.807) is 12.1 Å². The van der Waals surface area contributed by atoms with Crippen molar-refractivity contribution in [3.63, 3.8) is 0 Å². The average molecular weight is 327 g/mol. The minimum atomic E-state index is -0.343. The van der Waals surface area contributed by atoms with Gasteiger partial charge in [0.25, 0.3) is 5.91 Å². The van der Waals surface area contributed by atoms with Crippen molar-refractivity contribution in [1.29, 1.82) is 0 Å². The van der Waals surface area contributed by atoms with Crippen LogP contribution < -0.4 is 10.1 Å². The SMILES string of the molecule is CN(C)CCOc1cccc(NC(=O)c2nnc(Cl)s2)c1. The zero-order chi connectivity index (χ0) is 15.2. The number of ether oxygens (including phenoxy) is 1. The normalized spacial score (nSPS) is 10.7. The van der Waals surface area contributed by atoms with E-state index in [-0.39, 0.29) is 15.4 Å². The van der Waals surface area contributed by atoms with Crippen molar-refractivity contribution in [3.8, 4) is 5.75 Å². The van der Waals surface area contributed by atoms with Gasteiger partial charge in [0, 0.05) is 18.3 Å². The summed E-state index contributed by atoms with van der Waals surface area (Å²) in [5, 5.41) is 10.2. The highest BCUT2D eigenvalue weighted by atomic mass is 35.5. The molecule has 0 saturated heterocycles. The largest absolute Gasteiger partial charge is 0.492 e. The number of likely N-dealkylation sites (N-methyl/N-ethyl adjacent to an activating group) is 1. The Balaban J connectivity index is 1.96. The molecular formula is C13H15ClN4O2S. The molecule has 0 aliphatic carbocycles.